The molecule has 0 aliphatic heterocycles. The number of thioether (sulfide) groups is 2. The molecule has 0 aliphatic carbocycles. The number of hydrogen-bond donors (Lipinski definition) is 1. The van der Waals surface area contributed by atoms with Crippen molar-refractivity contribution in [3.63, 3.8) is 0 Å². The van der Waals surface area contributed by atoms with Crippen LogP contribution in [0.3, 0.4) is 0 Å². The Balaban J connectivity index is 1.56. The van der Waals surface area contributed by atoms with Gasteiger partial charge in [-0.15, -0.1) is 28.5 Å². The summed E-state index contributed by atoms with van der Waals surface area (Å²) in [5.41, 5.74) is 1.79. The van der Waals surface area contributed by atoms with Gasteiger partial charge in [0.1, 0.15) is 5.82 Å². The second-order valence-electron chi connectivity index (χ2n) is 6.23. The standard InChI is InChI=1S/C21H20Cl2N4OS2/c1-2-11-27-19(13-29-12-15-7-9-16(22)10-8-15)25-26-21(27)30-14-20(28)24-18-6-4-3-5-17(18)23/h2-10H,1,11-14H2,(H,24,28). The lowest BCUT2D eigenvalue weighted by Crippen LogP contribution is -2.15. The van der Waals surface area contributed by atoms with Gasteiger partial charge in [0.2, 0.25) is 5.91 Å². The van der Waals surface area contributed by atoms with Crippen molar-refractivity contribution in [2.45, 2.75) is 23.2 Å². The minimum atomic E-state index is -0.153. The first kappa shape index (κ1) is 22.7. The van der Waals surface area contributed by atoms with Gasteiger partial charge in [-0.2, -0.15) is 0 Å². The van der Waals surface area contributed by atoms with Gasteiger partial charge in [-0.25, -0.2) is 0 Å². The molecular formula is C21H20Cl2N4OS2. The number of nitrogens with one attached hydrogen (secondary N) is 1. The van der Waals surface area contributed by atoms with Crippen LogP contribution in [0.5, 0.6) is 0 Å². The van der Waals surface area contributed by atoms with Crippen LogP contribution in [0.4, 0.5) is 5.69 Å². The van der Waals surface area contributed by atoms with Gasteiger partial charge in [0.25, 0.3) is 0 Å². The first-order valence-corrected chi connectivity index (χ1v) is 12.0. The molecule has 0 saturated heterocycles. The smallest absolute Gasteiger partial charge is 0.234 e. The van der Waals surface area contributed by atoms with Crippen LogP contribution in [-0.4, -0.2) is 26.4 Å². The van der Waals surface area contributed by atoms with Crippen molar-refractivity contribution in [1.82, 2.24) is 14.8 Å². The zero-order valence-corrected chi connectivity index (χ0v) is 19.2. The summed E-state index contributed by atoms with van der Waals surface area (Å²) < 4.78 is 1.98. The molecule has 1 amide bonds. The first-order valence-electron chi connectivity index (χ1n) is 9.09. The Kier molecular flexibility index (Phi) is 8.69. The van der Waals surface area contributed by atoms with Gasteiger partial charge in [0, 0.05) is 17.3 Å². The molecule has 0 bridgehead atoms. The van der Waals surface area contributed by atoms with Gasteiger partial charge in [-0.1, -0.05) is 65.3 Å². The molecule has 0 saturated carbocycles. The molecule has 2 aromatic carbocycles. The van der Waals surface area contributed by atoms with Crippen molar-refractivity contribution in [2.75, 3.05) is 11.1 Å². The molecule has 0 radical (unpaired) electrons. The number of para-hydroxylation sites is 1. The summed E-state index contributed by atoms with van der Waals surface area (Å²) in [4.78, 5) is 12.3. The molecule has 0 fully saturated rings. The van der Waals surface area contributed by atoms with Gasteiger partial charge < -0.3 is 9.88 Å². The summed E-state index contributed by atoms with van der Waals surface area (Å²) in [6.45, 7) is 4.40. The summed E-state index contributed by atoms with van der Waals surface area (Å²) in [5, 5.41) is 13.3. The van der Waals surface area contributed by atoms with E-state index < -0.39 is 0 Å². The van der Waals surface area contributed by atoms with Crippen molar-refractivity contribution in [2.24, 2.45) is 0 Å². The Hall–Kier alpha value is -1.93. The molecule has 1 aromatic heterocycles. The number of benzene rings is 2. The number of anilines is 1. The fraction of sp³-hybridized carbons (Fsp3) is 0.190. The number of carbonyl (C=O) groups excluding carboxylic acids is 1. The summed E-state index contributed by atoms with van der Waals surface area (Å²) in [5.74, 6) is 2.46. The van der Waals surface area contributed by atoms with Crippen LogP contribution in [-0.2, 0) is 22.8 Å². The van der Waals surface area contributed by atoms with Crippen LogP contribution in [0.15, 0.2) is 66.3 Å². The first-order chi connectivity index (χ1) is 14.6. The van der Waals surface area contributed by atoms with E-state index in [9.17, 15) is 4.79 Å². The quantitative estimate of drug-likeness (QED) is 0.288. The van der Waals surface area contributed by atoms with E-state index in [4.69, 9.17) is 23.2 Å². The number of amides is 1. The van der Waals surface area contributed by atoms with E-state index in [0.29, 0.717) is 28.2 Å². The Morgan fingerprint density at radius 2 is 1.87 bits per heavy atom. The Labute approximate surface area is 194 Å². The third-order valence-corrected chi connectivity index (χ3v) is 6.55. The van der Waals surface area contributed by atoms with Crippen LogP contribution in [0.25, 0.3) is 0 Å². The van der Waals surface area contributed by atoms with E-state index in [1.54, 1.807) is 30.0 Å². The fourth-order valence-electron chi connectivity index (χ4n) is 2.56. The maximum atomic E-state index is 12.3. The average Bonchev–Trinajstić information content (AvgIpc) is 3.12. The predicted molar refractivity (Wildman–Crippen MR) is 127 cm³/mol. The van der Waals surface area contributed by atoms with Gasteiger partial charge in [0.15, 0.2) is 5.16 Å². The molecule has 156 valence electrons. The normalized spacial score (nSPS) is 10.7. The van der Waals surface area contributed by atoms with Crippen LogP contribution < -0.4 is 5.32 Å². The Bertz CT molecular complexity index is 1010. The summed E-state index contributed by atoms with van der Waals surface area (Å²) >= 11 is 15.1. The third-order valence-electron chi connectivity index (χ3n) is 4.00. The van der Waals surface area contributed by atoms with E-state index in [1.807, 2.05) is 41.0 Å². The lowest BCUT2D eigenvalue weighted by Gasteiger charge is -2.09. The highest BCUT2D eigenvalue weighted by Crippen LogP contribution is 2.24. The fourth-order valence-corrected chi connectivity index (χ4v) is 4.57. The SMILES string of the molecule is C=CCn1c(CSCc2ccc(Cl)cc2)nnc1SCC(=O)Nc1ccccc1Cl. The van der Waals surface area contributed by atoms with Gasteiger partial charge in [-0.3, -0.25) is 4.79 Å². The van der Waals surface area contributed by atoms with Crippen molar-refractivity contribution in [3.05, 3.63) is 82.6 Å². The number of hydrogen-bond acceptors (Lipinski definition) is 5. The number of nitrogens with zero attached hydrogens (tertiary/aromatic N) is 3. The van der Waals surface area contributed by atoms with Crippen LogP contribution in [0, 0.1) is 0 Å². The van der Waals surface area contributed by atoms with E-state index in [0.717, 1.165) is 16.6 Å². The molecule has 0 aliphatic rings. The number of aromatic nitrogens is 3. The molecule has 0 atom stereocenters. The van der Waals surface area contributed by atoms with Gasteiger partial charge in [-0.05, 0) is 29.8 Å². The monoisotopic (exact) mass is 478 g/mol. The maximum absolute atomic E-state index is 12.3. The molecule has 30 heavy (non-hydrogen) atoms. The largest absolute Gasteiger partial charge is 0.324 e. The van der Waals surface area contributed by atoms with E-state index >= 15 is 0 Å². The predicted octanol–water partition coefficient (Wildman–Crippen LogP) is 5.94. The number of carbonyl (C=O) groups is 1. The molecule has 9 heteroatoms. The van der Waals surface area contributed by atoms with Crippen molar-refractivity contribution in [3.8, 4) is 0 Å². The maximum Gasteiger partial charge on any atom is 0.234 e. The zero-order chi connectivity index (χ0) is 21.3. The topological polar surface area (TPSA) is 59.8 Å². The molecular weight excluding hydrogens is 459 g/mol. The van der Waals surface area contributed by atoms with E-state index in [1.165, 1.54) is 17.3 Å². The second-order valence-corrected chi connectivity index (χ2v) is 9.01. The minimum absolute atomic E-state index is 0.153. The van der Waals surface area contributed by atoms with Crippen molar-refractivity contribution < 1.29 is 4.79 Å². The lowest BCUT2D eigenvalue weighted by molar-refractivity contribution is -0.113. The van der Waals surface area contributed by atoms with Gasteiger partial charge >= 0.3 is 0 Å². The number of halogens is 2. The summed E-state index contributed by atoms with van der Waals surface area (Å²) in [6.07, 6.45) is 1.80. The highest BCUT2D eigenvalue weighted by Gasteiger charge is 2.14. The molecule has 1 N–H and O–H groups in total. The second kappa shape index (κ2) is 11.5. The van der Waals surface area contributed by atoms with E-state index in [2.05, 4.69) is 22.1 Å². The van der Waals surface area contributed by atoms with Gasteiger partial charge in [0.05, 0.1) is 22.2 Å². The number of rotatable bonds is 10. The highest BCUT2D eigenvalue weighted by atomic mass is 35.5. The molecule has 5 nitrogen and oxygen atoms in total. The summed E-state index contributed by atoms with van der Waals surface area (Å²) in [7, 11) is 0. The van der Waals surface area contributed by atoms with Crippen molar-refractivity contribution in [1.29, 1.82) is 0 Å². The third kappa shape index (κ3) is 6.54. The molecule has 3 aromatic rings. The highest BCUT2D eigenvalue weighted by molar-refractivity contribution is 7.99. The Morgan fingerprint density at radius 1 is 1.10 bits per heavy atom. The average molecular weight is 479 g/mol. The van der Waals surface area contributed by atoms with Crippen molar-refractivity contribution >= 4 is 58.3 Å². The molecule has 0 unspecified atom stereocenters. The van der Waals surface area contributed by atoms with Crippen LogP contribution in [0.1, 0.15) is 11.4 Å². The zero-order valence-electron chi connectivity index (χ0n) is 16.1. The molecule has 3 rings (SSSR count). The minimum Gasteiger partial charge on any atom is -0.324 e. The van der Waals surface area contributed by atoms with Crippen LogP contribution >= 0.6 is 46.7 Å². The molecule has 1 heterocycles. The lowest BCUT2D eigenvalue weighted by atomic mass is 10.2. The molecule has 0 spiro atoms. The summed E-state index contributed by atoms with van der Waals surface area (Å²) in [6, 6.07) is 15.0. The van der Waals surface area contributed by atoms with Crippen LogP contribution in [0.2, 0.25) is 10.0 Å². The number of allylic oxidation sites excluding steroid dienone is 1. The Morgan fingerprint density at radius 3 is 2.60 bits per heavy atom. The van der Waals surface area contributed by atoms with E-state index in [-0.39, 0.29) is 11.7 Å².